The minimum Gasteiger partial charge on any atom is -0.355 e. The van der Waals surface area contributed by atoms with Crippen molar-refractivity contribution in [3.05, 3.63) is 0 Å². The van der Waals surface area contributed by atoms with Gasteiger partial charge in [0.25, 0.3) is 0 Å². The number of nitrogens with one attached hydrogen (secondary N) is 1. The van der Waals surface area contributed by atoms with Crippen LogP contribution in [-0.2, 0) is 4.79 Å². The third-order valence-electron chi connectivity index (χ3n) is 5.47. The Labute approximate surface area is 109 Å². The summed E-state index contributed by atoms with van der Waals surface area (Å²) in [5.41, 5.74) is 5.49. The highest BCUT2D eigenvalue weighted by Gasteiger charge is 2.48. The molecule has 1 aliphatic carbocycles. The molecule has 2 aliphatic heterocycles. The first-order valence-electron chi connectivity index (χ1n) is 7.35. The maximum atomic E-state index is 12.0. The van der Waals surface area contributed by atoms with E-state index in [0.29, 0.717) is 12.5 Å². The number of fused-ring (bicyclic) bond motifs is 2. The number of carbonyl (C=O) groups excluding carboxylic acids is 1. The molecule has 2 bridgehead atoms. The van der Waals surface area contributed by atoms with Crippen LogP contribution < -0.4 is 11.1 Å². The molecule has 3 rings (SSSR count). The van der Waals surface area contributed by atoms with Gasteiger partial charge in [-0.3, -0.25) is 4.79 Å². The van der Waals surface area contributed by atoms with Gasteiger partial charge in [-0.1, -0.05) is 0 Å². The fourth-order valence-corrected chi connectivity index (χ4v) is 3.79. The highest BCUT2D eigenvalue weighted by atomic mass is 16.2. The summed E-state index contributed by atoms with van der Waals surface area (Å²) in [6, 6.07) is 1.52. The smallest absolute Gasteiger partial charge is 0.227 e. The zero-order valence-corrected chi connectivity index (χ0v) is 11.3. The van der Waals surface area contributed by atoms with Gasteiger partial charge in [0.2, 0.25) is 5.91 Å². The topological polar surface area (TPSA) is 58.4 Å². The summed E-state index contributed by atoms with van der Waals surface area (Å²) in [7, 11) is 2.25. The molecule has 4 heteroatoms. The van der Waals surface area contributed by atoms with Crippen molar-refractivity contribution < 1.29 is 4.79 Å². The van der Waals surface area contributed by atoms with Gasteiger partial charge in [-0.15, -0.1) is 0 Å². The van der Waals surface area contributed by atoms with Crippen LogP contribution in [-0.4, -0.2) is 43.0 Å². The maximum Gasteiger partial charge on any atom is 0.227 e. The van der Waals surface area contributed by atoms with Gasteiger partial charge in [0.1, 0.15) is 0 Å². The van der Waals surface area contributed by atoms with Crippen LogP contribution in [0.25, 0.3) is 0 Å². The van der Waals surface area contributed by atoms with Crippen molar-refractivity contribution in [3.8, 4) is 0 Å². The molecular weight excluding hydrogens is 226 g/mol. The second kappa shape index (κ2) is 4.49. The van der Waals surface area contributed by atoms with Crippen molar-refractivity contribution in [2.75, 3.05) is 20.1 Å². The van der Waals surface area contributed by atoms with E-state index in [1.54, 1.807) is 0 Å². The van der Waals surface area contributed by atoms with Crippen molar-refractivity contribution in [2.24, 2.45) is 17.1 Å². The lowest BCUT2D eigenvalue weighted by Crippen LogP contribution is -2.45. The van der Waals surface area contributed by atoms with Crippen LogP contribution >= 0.6 is 0 Å². The summed E-state index contributed by atoms with van der Waals surface area (Å²) in [6.07, 6.45) is 7.16. The van der Waals surface area contributed by atoms with E-state index in [2.05, 4.69) is 17.3 Å². The summed E-state index contributed by atoms with van der Waals surface area (Å²) in [5.74, 6) is 0.882. The van der Waals surface area contributed by atoms with E-state index in [9.17, 15) is 4.79 Å². The van der Waals surface area contributed by atoms with Crippen LogP contribution in [0, 0.1) is 11.3 Å². The lowest BCUT2D eigenvalue weighted by Gasteiger charge is -2.36. The summed E-state index contributed by atoms with van der Waals surface area (Å²) in [6.45, 7) is 1.37. The largest absolute Gasteiger partial charge is 0.355 e. The van der Waals surface area contributed by atoms with E-state index < -0.39 is 0 Å². The van der Waals surface area contributed by atoms with Gasteiger partial charge in [-0.05, 0) is 51.5 Å². The first-order chi connectivity index (χ1) is 8.64. The first kappa shape index (κ1) is 12.4. The second-order valence-electron chi connectivity index (χ2n) is 6.58. The molecule has 0 aromatic carbocycles. The number of nitrogens with two attached hydrogens (primary N) is 1. The Morgan fingerprint density at radius 3 is 2.44 bits per heavy atom. The molecular formula is C14H25N3O. The predicted molar refractivity (Wildman–Crippen MR) is 71.0 cm³/mol. The van der Waals surface area contributed by atoms with Crippen LogP contribution in [0.5, 0.6) is 0 Å². The molecule has 0 aromatic rings. The molecule has 102 valence electrons. The molecule has 3 aliphatic rings. The third-order valence-corrected chi connectivity index (χ3v) is 5.47. The van der Waals surface area contributed by atoms with Crippen molar-refractivity contribution in [3.63, 3.8) is 0 Å². The molecule has 0 spiro atoms. The number of hydrogen-bond donors (Lipinski definition) is 2. The number of piperidine rings is 1. The van der Waals surface area contributed by atoms with Crippen LogP contribution in [0.3, 0.4) is 0 Å². The van der Waals surface area contributed by atoms with Gasteiger partial charge in [0.05, 0.1) is 5.41 Å². The number of hydrogen-bond acceptors (Lipinski definition) is 3. The second-order valence-corrected chi connectivity index (χ2v) is 6.58. The lowest BCUT2D eigenvalue weighted by atomic mass is 9.91. The fourth-order valence-electron chi connectivity index (χ4n) is 3.79. The zero-order valence-electron chi connectivity index (χ0n) is 11.3. The average molecular weight is 251 g/mol. The molecule has 3 N–H and O–H groups in total. The minimum absolute atomic E-state index is 0.190. The summed E-state index contributed by atoms with van der Waals surface area (Å²) >= 11 is 0. The molecule has 2 unspecified atom stereocenters. The van der Waals surface area contributed by atoms with Gasteiger partial charge >= 0.3 is 0 Å². The fraction of sp³-hybridized carbons (Fsp3) is 0.929. The zero-order chi connectivity index (χ0) is 12.8. The SMILES string of the molecule is CN1C2CCC1CC(CNC(=O)C1(CN)CC1)C2. The summed E-state index contributed by atoms with van der Waals surface area (Å²) in [5, 5.41) is 3.15. The average Bonchev–Trinajstić information content (AvgIpc) is 3.14. The number of nitrogens with zero attached hydrogens (tertiary/aromatic N) is 1. The highest BCUT2D eigenvalue weighted by molar-refractivity contribution is 5.85. The highest BCUT2D eigenvalue weighted by Crippen LogP contribution is 2.44. The van der Waals surface area contributed by atoms with E-state index in [4.69, 9.17) is 5.73 Å². The number of carbonyl (C=O) groups is 1. The third kappa shape index (κ3) is 2.05. The van der Waals surface area contributed by atoms with Crippen molar-refractivity contribution in [1.29, 1.82) is 0 Å². The molecule has 0 radical (unpaired) electrons. The van der Waals surface area contributed by atoms with E-state index in [0.717, 1.165) is 31.5 Å². The summed E-state index contributed by atoms with van der Waals surface area (Å²) in [4.78, 5) is 14.6. The monoisotopic (exact) mass is 251 g/mol. The van der Waals surface area contributed by atoms with Crippen molar-refractivity contribution >= 4 is 5.91 Å². The number of amides is 1. The standard InChI is InChI=1S/C14H25N3O/c1-17-11-2-3-12(17)7-10(6-11)8-16-13(18)14(9-15)4-5-14/h10-12H,2-9,15H2,1H3,(H,16,18). The van der Waals surface area contributed by atoms with Crippen LogP contribution in [0.15, 0.2) is 0 Å². The van der Waals surface area contributed by atoms with Gasteiger partial charge in [-0.25, -0.2) is 0 Å². The molecule has 2 heterocycles. The van der Waals surface area contributed by atoms with E-state index >= 15 is 0 Å². The van der Waals surface area contributed by atoms with Crippen LogP contribution in [0.2, 0.25) is 0 Å². The number of rotatable bonds is 4. The van der Waals surface area contributed by atoms with Gasteiger partial charge in [0.15, 0.2) is 0 Å². The minimum atomic E-state index is -0.190. The Hall–Kier alpha value is -0.610. The molecule has 1 amide bonds. The van der Waals surface area contributed by atoms with Crippen LogP contribution in [0.1, 0.15) is 38.5 Å². The van der Waals surface area contributed by atoms with Crippen molar-refractivity contribution in [1.82, 2.24) is 10.2 Å². The molecule has 2 atom stereocenters. The molecule has 0 aromatic heterocycles. The predicted octanol–water partition coefficient (Wildman–Crippen LogP) is 0.714. The molecule has 18 heavy (non-hydrogen) atoms. The van der Waals surface area contributed by atoms with E-state index in [1.807, 2.05) is 0 Å². The first-order valence-corrected chi connectivity index (χ1v) is 7.35. The van der Waals surface area contributed by atoms with Gasteiger partial charge < -0.3 is 16.0 Å². The molecule has 3 fully saturated rings. The lowest BCUT2D eigenvalue weighted by molar-refractivity contribution is -0.126. The molecule has 1 saturated carbocycles. The summed E-state index contributed by atoms with van der Waals surface area (Å²) < 4.78 is 0. The Bertz CT molecular complexity index is 326. The van der Waals surface area contributed by atoms with Gasteiger partial charge in [-0.2, -0.15) is 0 Å². The quantitative estimate of drug-likeness (QED) is 0.774. The maximum absolute atomic E-state index is 12.0. The molecule has 2 saturated heterocycles. The Morgan fingerprint density at radius 1 is 1.33 bits per heavy atom. The Morgan fingerprint density at radius 2 is 1.94 bits per heavy atom. The molecule has 4 nitrogen and oxygen atoms in total. The normalized spacial score (nSPS) is 37.6. The van der Waals surface area contributed by atoms with E-state index in [1.165, 1.54) is 25.7 Å². The van der Waals surface area contributed by atoms with Gasteiger partial charge in [0, 0.05) is 25.2 Å². The Kier molecular flexibility index (Phi) is 3.10. The van der Waals surface area contributed by atoms with Crippen molar-refractivity contribution in [2.45, 2.75) is 50.6 Å². The van der Waals surface area contributed by atoms with E-state index in [-0.39, 0.29) is 11.3 Å². The van der Waals surface area contributed by atoms with Crippen LogP contribution in [0.4, 0.5) is 0 Å². The Balaban J connectivity index is 1.48.